The number of ether oxygens (including phenoxy) is 2. The van der Waals surface area contributed by atoms with Crippen molar-refractivity contribution in [2.24, 2.45) is 0 Å². The molecule has 0 aliphatic heterocycles. The summed E-state index contributed by atoms with van der Waals surface area (Å²) in [5.41, 5.74) is 1.35. The van der Waals surface area contributed by atoms with Crippen LogP contribution in [0.5, 0.6) is 0 Å². The summed E-state index contributed by atoms with van der Waals surface area (Å²) >= 11 is 1.16. The number of aliphatic hydroxyl groups is 1. The van der Waals surface area contributed by atoms with E-state index in [-0.39, 0.29) is 18.8 Å². The molecule has 2 aromatic heterocycles. The van der Waals surface area contributed by atoms with Crippen LogP contribution in [0.25, 0.3) is 10.2 Å². The van der Waals surface area contributed by atoms with Gasteiger partial charge in [0.2, 0.25) is 0 Å². The minimum Gasteiger partial charge on any atom is -0.457 e. The van der Waals surface area contributed by atoms with Crippen LogP contribution in [-0.4, -0.2) is 57.8 Å². The van der Waals surface area contributed by atoms with Gasteiger partial charge in [-0.1, -0.05) is 43.0 Å². The van der Waals surface area contributed by atoms with E-state index in [0.717, 1.165) is 29.7 Å². The van der Waals surface area contributed by atoms with Crippen LogP contribution in [-0.2, 0) is 22.6 Å². The Balaban J connectivity index is 1.42. The van der Waals surface area contributed by atoms with Crippen molar-refractivity contribution in [1.29, 1.82) is 0 Å². The van der Waals surface area contributed by atoms with Gasteiger partial charge in [-0.15, -0.1) is 11.3 Å². The molecule has 2 heterocycles. The summed E-state index contributed by atoms with van der Waals surface area (Å²) in [4.78, 5) is 35.6. The molecular weight excluding hydrogens is 454 g/mol. The minimum absolute atomic E-state index is 0.106. The van der Waals surface area contributed by atoms with Crippen molar-refractivity contribution in [3.05, 3.63) is 75.2 Å². The molecule has 0 saturated heterocycles. The van der Waals surface area contributed by atoms with E-state index in [0.29, 0.717) is 52.2 Å². The molecule has 1 aliphatic rings. The maximum absolute atomic E-state index is 12.8. The highest BCUT2D eigenvalue weighted by Crippen LogP contribution is 2.30. The predicted molar refractivity (Wildman–Crippen MR) is 131 cm³/mol. The molecule has 3 aromatic rings. The van der Waals surface area contributed by atoms with Crippen molar-refractivity contribution in [2.45, 2.75) is 45.1 Å². The molecule has 0 radical (unpaired) electrons. The van der Waals surface area contributed by atoms with E-state index < -0.39 is 12.1 Å². The Morgan fingerprint density at radius 1 is 1.38 bits per heavy atom. The van der Waals surface area contributed by atoms with Gasteiger partial charge in [0.15, 0.2) is 0 Å². The number of nitrogens with one attached hydrogen (secondary N) is 1. The van der Waals surface area contributed by atoms with Crippen molar-refractivity contribution >= 4 is 27.5 Å². The molecule has 9 heteroatoms. The number of benzene rings is 1. The van der Waals surface area contributed by atoms with Crippen LogP contribution in [0.3, 0.4) is 0 Å². The first-order chi connectivity index (χ1) is 16.5. The number of esters is 1. The average Bonchev–Trinajstić information content (AvgIpc) is 3.61. The molecule has 34 heavy (non-hydrogen) atoms. The number of rotatable bonds is 12. The van der Waals surface area contributed by atoms with E-state index in [1.165, 1.54) is 6.08 Å². The first-order valence-electron chi connectivity index (χ1n) is 11.3. The van der Waals surface area contributed by atoms with E-state index in [2.05, 4.69) is 21.4 Å². The van der Waals surface area contributed by atoms with Gasteiger partial charge in [0.05, 0.1) is 31.2 Å². The van der Waals surface area contributed by atoms with Gasteiger partial charge in [-0.3, -0.25) is 9.69 Å². The maximum atomic E-state index is 12.8. The van der Waals surface area contributed by atoms with E-state index in [4.69, 9.17) is 9.47 Å². The maximum Gasteiger partial charge on any atom is 0.348 e. The topological polar surface area (TPSA) is 105 Å². The quantitative estimate of drug-likeness (QED) is 0.301. The SMILES string of the molecule is C=CCOC(=O)c1sc2nc(CN(CC(O)COCc3ccccc3)C3CC3)[nH]c(=O)c2c1C. The lowest BCUT2D eigenvalue weighted by Gasteiger charge is -2.24. The second kappa shape index (κ2) is 11.1. The lowest BCUT2D eigenvalue weighted by atomic mass is 10.2. The Kier molecular flexibility index (Phi) is 7.89. The number of hydrogen-bond donors (Lipinski definition) is 2. The van der Waals surface area contributed by atoms with E-state index in [1.54, 1.807) is 6.92 Å². The number of H-pyrrole nitrogens is 1. The van der Waals surface area contributed by atoms with E-state index >= 15 is 0 Å². The highest BCUT2D eigenvalue weighted by atomic mass is 32.1. The van der Waals surface area contributed by atoms with Crippen LogP contribution in [0.4, 0.5) is 0 Å². The minimum atomic E-state index is -0.657. The van der Waals surface area contributed by atoms with Crippen LogP contribution in [0.15, 0.2) is 47.8 Å². The van der Waals surface area contributed by atoms with Gasteiger partial charge in [0.1, 0.15) is 22.1 Å². The second-order valence-corrected chi connectivity index (χ2v) is 9.45. The predicted octanol–water partition coefficient (Wildman–Crippen LogP) is 3.18. The summed E-state index contributed by atoms with van der Waals surface area (Å²) in [6, 6.07) is 10.2. The van der Waals surface area contributed by atoms with Crippen molar-refractivity contribution in [3.8, 4) is 0 Å². The molecule has 1 aromatic carbocycles. The fourth-order valence-corrected chi connectivity index (χ4v) is 4.94. The number of aryl methyl sites for hydroxylation is 1. The van der Waals surface area contributed by atoms with Crippen LogP contribution in [0.1, 0.15) is 39.5 Å². The highest BCUT2D eigenvalue weighted by molar-refractivity contribution is 7.20. The molecule has 0 amide bonds. The van der Waals surface area contributed by atoms with Crippen molar-refractivity contribution in [1.82, 2.24) is 14.9 Å². The first-order valence-corrected chi connectivity index (χ1v) is 12.1. The van der Waals surface area contributed by atoms with Crippen LogP contribution in [0, 0.1) is 6.92 Å². The zero-order valence-electron chi connectivity index (χ0n) is 19.2. The number of nitrogens with zero attached hydrogens (tertiary/aromatic N) is 2. The smallest absolute Gasteiger partial charge is 0.348 e. The number of hydrogen-bond acceptors (Lipinski definition) is 8. The summed E-state index contributed by atoms with van der Waals surface area (Å²) in [5, 5.41) is 10.9. The number of fused-ring (bicyclic) bond motifs is 1. The summed E-state index contributed by atoms with van der Waals surface area (Å²) < 4.78 is 10.8. The molecule has 1 aliphatic carbocycles. The fraction of sp³-hybridized carbons (Fsp3) is 0.400. The summed E-state index contributed by atoms with van der Waals surface area (Å²) in [5.74, 6) is 0.0219. The Bertz CT molecular complexity index is 1200. The van der Waals surface area contributed by atoms with Gasteiger partial charge in [-0.05, 0) is 30.9 Å². The molecule has 1 fully saturated rings. The number of aromatic amines is 1. The summed E-state index contributed by atoms with van der Waals surface area (Å²) in [7, 11) is 0. The molecule has 1 saturated carbocycles. The van der Waals surface area contributed by atoms with Crippen molar-refractivity contribution < 1.29 is 19.4 Å². The molecule has 8 nitrogen and oxygen atoms in total. The number of carbonyl (C=O) groups excluding carboxylic acids is 1. The van der Waals surface area contributed by atoms with Crippen molar-refractivity contribution in [2.75, 3.05) is 19.8 Å². The monoisotopic (exact) mass is 483 g/mol. The number of thiophene rings is 1. The van der Waals surface area contributed by atoms with Crippen LogP contribution >= 0.6 is 11.3 Å². The second-order valence-electron chi connectivity index (χ2n) is 8.45. The number of carbonyl (C=O) groups is 1. The third-order valence-corrected chi connectivity index (χ3v) is 6.82. The Morgan fingerprint density at radius 3 is 2.85 bits per heavy atom. The first kappa shape index (κ1) is 24.3. The van der Waals surface area contributed by atoms with E-state index in [1.807, 2.05) is 30.3 Å². The molecule has 4 rings (SSSR count). The van der Waals surface area contributed by atoms with Gasteiger partial charge in [0.25, 0.3) is 5.56 Å². The molecule has 180 valence electrons. The van der Waals surface area contributed by atoms with Gasteiger partial charge < -0.3 is 19.6 Å². The summed E-state index contributed by atoms with van der Waals surface area (Å²) in [6.07, 6.45) is 2.93. The third-order valence-electron chi connectivity index (χ3n) is 5.65. The third kappa shape index (κ3) is 5.98. The Labute approximate surface area is 201 Å². The lowest BCUT2D eigenvalue weighted by molar-refractivity contribution is 0.00666. The molecule has 0 bridgehead atoms. The van der Waals surface area contributed by atoms with Crippen LogP contribution in [0.2, 0.25) is 0 Å². The molecule has 1 unspecified atom stereocenters. The normalized spacial score (nSPS) is 14.4. The highest BCUT2D eigenvalue weighted by Gasteiger charge is 2.31. The van der Waals surface area contributed by atoms with Gasteiger partial charge in [-0.25, -0.2) is 9.78 Å². The number of aromatic nitrogens is 2. The zero-order chi connectivity index (χ0) is 24.1. The fourth-order valence-electron chi connectivity index (χ4n) is 3.84. The van der Waals surface area contributed by atoms with Crippen molar-refractivity contribution in [3.63, 3.8) is 0 Å². The van der Waals surface area contributed by atoms with Crippen LogP contribution < -0.4 is 5.56 Å². The molecule has 1 atom stereocenters. The number of aliphatic hydroxyl groups excluding tert-OH is 1. The largest absolute Gasteiger partial charge is 0.457 e. The standard InChI is InChI=1S/C25H29N3O5S/c1-3-11-33-25(31)22-16(2)21-23(30)26-20(27-24(21)34-22)13-28(18-9-10-18)12-19(29)15-32-14-17-7-5-4-6-8-17/h3-8,18-19,29H,1,9-15H2,2H3,(H,26,27,30). The Hall–Kier alpha value is -2.85. The Morgan fingerprint density at radius 2 is 2.15 bits per heavy atom. The lowest BCUT2D eigenvalue weighted by Crippen LogP contribution is -2.37. The summed E-state index contributed by atoms with van der Waals surface area (Å²) in [6.45, 7) is 6.87. The average molecular weight is 484 g/mol. The zero-order valence-corrected chi connectivity index (χ0v) is 20.0. The van der Waals surface area contributed by atoms with Gasteiger partial charge >= 0.3 is 5.97 Å². The molecular formula is C25H29N3O5S. The van der Waals surface area contributed by atoms with Gasteiger partial charge in [-0.2, -0.15) is 0 Å². The molecule has 0 spiro atoms. The van der Waals surface area contributed by atoms with Gasteiger partial charge in [0, 0.05) is 12.6 Å². The van der Waals surface area contributed by atoms with E-state index in [9.17, 15) is 14.7 Å². The molecule has 2 N–H and O–H groups in total.